The molecule has 20 heavy (non-hydrogen) atoms. The highest BCUT2D eigenvalue weighted by molar-refractivity contribution is 5.85. The van der Waals surface area contributed by atoms with E-state index in [-0.39, 0.29) is 5.92 Å². The van der Waals surface area contributed by atoms with Gasteiger partial charge in [0.25, 0.3) is 0 Å². The number of nitrogens with zero attached hydrogens (tertiary/aromatic N) is 2. The van der Waals surface area contributed by atoms with Crippen LogP contribution in [0.25, 0.3) is 6.08 Å². The summed E-state index contributed by atoms with van der Waals surface area (Å²) in [5.74, 6) is -0.978. The first-order chi connectivity index (χ1) is 9.47. The standard InChI is InChI=1S/C16H20N2O2/c1-4-18(11-12(2)10-17)15-7-5-14(13(3)9-15)6-8-16(19)20/h5-9,12H,4,11H2,1-3H3,(H,19,20). The quantitative estimate of drug-likeness (QED) is 0.808. The molecule has 0 aliphatic heterocycles. The summed E-state index contributed by atoms with van der Waals surface area (Å²) < 4.78 is 0. The maximum atomic E-state index is 10.5. The summed E-state index contributed by atoms with van der Waals surface area (Å²) in [5.41, 5.74) is 2.96. The summed E-state index contributed by atoms with van der Waals surface area (Å²) >= 11 is 0. The molecule has 4 heteroatoms. The Labute approximate surface area is 119 Å². The van der Waals surface area contributed by atoms with E-state index >= 15 is 0 Å². The van der Waals surface area contributed by atoms with Gasteiger partial charge in [0.05, 0.1) is 12.0 Å². The minimum Gasteiger partial charge on any atom is -0.478 e. The molecular weight excluding hydrogens is 252 g/mol. The number of carboxylic acids is 1. The molecule has 0 fully saturated rings. The van der Waals surface area contributed by atoms with Crippen LogP contribution < -0.4 is 4.90 Å². The average Bonchev–Trinajstić information content (AvgIpc) is 2.42. The first kappa shape index (κ1) is 15.8. The van der Waals surface area contributed by atoms with Gasteiger partial charge in [0, 0.05) is 24.9 Å². The lowest BCUT2D eigenvalue weighted by atomic mass is 10.1. The first-order valence-electron chi connectivity index (χ1n) is 6.64. The predicted octanol–water partition coefficient (Wildman–Crippen LogP) is 3.08. The average molecular weight is 272 g/mol. The summed E-state index contributed by atoms with van der Waals surface area (Å²) in [7, 11) is 0. The van der Waals surface area contributed by atoms with Crippen molar-refractivity contribution in [2.45, 2.75) is 20.8 Å². The third-order valence-corrected chi connectivity index (χ3v) is 3.12. The molecule has 1 rings (SSSR count). The van der Waals surface area contributed by atoms with Gasteiger partial charge in [0.2, 0.25) is 0 Å². The number of rotatable bonds is 6. The summed E-state index contributed by atoms with van der Waals surface area (Å²) in [5, 5.41) is 17.6. The second-order valence-corrected chi connectivity index (χ2v) is 4.78. The molecule has 0 aliphatic carbocycles. The number of benzene rings is 1. The van der Waals surface area contributed by atoms with Crippen LogP contribution in [0.15, 0.2) is 24.3 Å². The molecule has 0 saturated carbocycles. The third-order valence-electron chi connectivity index (χ3n) is 3.12. The Hall–Kier alpha value is -2.28. The lowest BCUT2D eigenvalue weighted by molar-refractivity contribution is -0.131. The van der Waals surface area contributed by atoms with Crippen LogP contribution in [0, 0.1) is 24.2 Å². The Kier molecular flexibility index (Phi) is 5.79. The number of carboxylic acid groups (broad SMARTS) is 1. The lowest BCUT2D eigenvalue weighted by Crippen LogP contribution is -2.27. The van der Waals surface area contributed by atoms with Crippen molar-refractivity contribution in [3.05, 3.63) is 35.4 Å². The van der Waals surface area contributed by atoms with Crippen LogP contribution in [0.5, 0.6) is 0 Å². The van der Waals surface area contributed by atoms with Gasteiger partial charge in [0.1, 0.15) is 0 Å². The summed E-state index contributed by atoms with van der Waals surface area (Å²) in [4.78, 5) is 12.7. The van der Waals surface area contributed by atoms with E-state index in [0.717, 1.165) is 29.4 Å². The van der Waals surface area contributed by atoms with Gasteiger partial charge >= 0.3 is 5.97 Å². The van der Waals surface area contributed by atoms with Gasteiger partial charge in [-0.05, 0) is 50.1 Å². The second kappa shape index (κ2) is 7.34. The zero-order valence-corrected chi connectivity index (χ0v) is 12.1. The third kappa shape index (κ3) is 4.43. The zero-order chi connectivity index (χ0) is 15.1. The van der Waals surface area contributed by atoms with Crippen LogP contribution in [-0.4, -0.2) is 24.2 Å². The number of aliphatic carboxylic acids is 1. The van der Waals surface area contributed by atoms with Crippen molar-refractivity contribution >= 4 is 17.7 Å². The fourth-order valence-corrected chi connectivity index (χ4v) is 1.99. The van der Waals surface area contributed by atoms with E-state index in [4.69, 9.17) is 10.4 Å². The van der Waals surface area contributed by atoms with Gasteiger partial charge < -0.3 is 10.0 Å². The van der Waals surface area contributed by atoms with Gasteiger partial charge in [-0.3, -0.25) is 0 Å². The maximum absolute atomic E-state index is 10.5. The Morgan fingerprint density at radius 3 is 2.75 bits per heavy atom. The number of hydrogen-bond donors (Lipinski definition) is 1. The Morgan fingerprint density at radius 2 is 2.25 bits per heavy atom. The van der Waals surface area contributed by atoms with Crippen molar-refractivity contribution in [1.29, 1.82) is 5.26 Å². The molecule has 0 amide bonds. The molecule has 0 spiro atoms. The zero-order valence-electron chi connectivity index (χ0n) is 12.1. The van der Waals surface area contributed by atoms with Crippen molar-refractivity contribution in [2.75, 3.05) is 18.0 Å². The van der Waals surface area contributed by atoms with Gasteiger partial charge in [-0.1, -0.05) is 6.07 Å². The van der Waals surface area contributed by atoms with Crippen LogP contribution in [0.2, 0.25) is 0 Å². The highest BCUT2D eigenvalue weighted by Gasteiger charge is 2.09. The fourth-order valence-electron chi connectivity index (χ4n) is 1.99. The number of carbonyl (C=O) groups is 1. The van der Waals surface area contributed by atoms with E-state index in [2.05, 4.69) is 17.9 Å². The molecule has 0 saturated heterocycles. The largest absolute Gasteiger partial charge is 0.478 e. The molecule has 0 bridgehead atoms. The van der Waals surface area contributed by atoms with E-state index in [1.807, 2.05) is 32.0 Å². The van der Waals surface area contributed by atoms with E-state index < -0.39 is 5.97 Å². The van der Waals surface area contributed by atoms with Gasteiger partial charge in [-0.2, -0.15) is 5.26 Å². The van der Waals surface area contributed by atoms with Crippen LogP contribution in [0.4, 0.5) is 5.69 Å². The second-order valence-electron chi connectivity index (χ2n) is 4.78. The SMILES string of the molecule is CCN(CC(C)C#N)c1ccc(C=CC(=O)O)c(C)c1. The normalized spacial score (nSPS) is 12.1. The molecule has 1 atom stereocenters. The first-order valence-corrected chi connectivity index (χ1v) is 6.64. The molecule has 1 unspecified atom stereocenters. The maximum Gasteiger partial charge on any atom is 0.328 e. The highest BCUT2D eigenvalue weighted by Crippen LogP contribution is 2.21. The predicted molar refractivity (Wildman–Crippen MR) is 80.5 cm³/mol. The van der Waals surface area contributed by atoms with Crippen molar-refractivity contribution in [3.63, 3.8) is 0 Å². The molecule has 0 aliphatic rings. The van der Waals surface area contributed by atoms with E-state index in [0.29, 0.717) is 6.54 Å². The van der Waals surface area contributed by atoms with Crippen molar-refractivity contribution < 1.29 is 9.90 Å². The Balaban J connectivity index is 2.95. The van der Waals surface area contributed by atoms with Crippen LogP contribution in [0.1, 0.15) is 25.0 Å². The minimum atomic E-state index is -0.952. The Morgan fingerprint density at radius 1 is 1.55 bits per heavy atom. The molecule has 106 valence electrons. The van der Waals surface area contributed by atoms with Crippen LogP contribution in [-0.2, 0) is 4.79 Å². The van der Waals surface area contributed by atoms with Gasteiger partial charge in [-0.25, -0.2) is 4.79 Å². The van der Waals surface area contributed by atoms with Crippen LogP contribution in [0.3, 0.4) is 0 Å². The lowest BCUT2D eigenvalue weighted by Gasteiger charge is -2.25. The summed E-state index contributed by atoms with van der Waals surface area (Å²) in [6.07, 6.45) is 2.73. The van der Waals surface area contributed by atoms with Crippen molar-refractivity contribution in [1.82, 2.24) is 0 Å². The Bertz CT molecular complexity index is 544. The number of anilines is 1. The summed E-state index contributed by atoms with van der Waals surface area (Å²) in [6.45, 7) is 7.43. The molecule has 1 aromatic carbocycles. The van der Waals surface area contributed by atoms with E-state index in [1.165, 1.54) is 0 Å². The number of nitriles is 1. The fraction of sp³-hybridized carbons (Fsp3) is 0.375. The van der Waals surface area contributed by atoms with Crippen molar-refractivity contribution in [3.8, 4) is 6.07 Å². The molecule has 0 aromatic heterocycles. The van der Waals surface area contributed by atoms with Gasteiger partial charge in [0.15, 0.2) is 0 Å². The number of hydrogen-bond acceptors (Lipinski definition) is 3. The minimum absolute atomic E-state index is 0.0261. The topological polar surface area (TPSA) is 64.3 Å². The smallest absolute Gasteiger partial charge is 0.328 e. The van der Waals surface area contributed by atoms with E-state index in [9.17, 15) is 4.79 Å². The molecular formula is C16H20N2O2. The summed E-state index contributed by atoms with van der Waals surface area (Å²) in [6, 6.07) is 8.13. The van der Waals surface area contributed by atoms with Crippen molar-refractivity contribution in [2.24, 2.45) is 5.92 Å². The molecule has 1 aromatic rings. The molecule has 1 N–H and O–H groups in total. The van der Waals surface area contributed by atoms with Gasteiger partial charge in [-0.15, -0.1) is 0 Å². The number of aryl methyl sites for hydroxylation is 1. The highest BCUT2D eigenvalue weighted by atomic mass is 16.4. The molecule has 0 radical (unpaired) electrons. The molecule has 4 nitrogen and oxygen atoms in total. The monoisotopic (exact) mass is 272 g/mol. The van der Waals surface area contributed by atoms with E-state index in [1.54, 1.807) is 6.08 Å². The van der Waals surface area contributed by atoms with Crippen LogP contribution >= 0.6 is 0 Å². The molecule has 0 heterocycles.